The fourth-order valence-electron chi connectivity index (χ4n) is 3.05. The summed E-state index contributed by atoms with van der Waals surface area (Å²) in [4.78, 5) is 8.56. The molecule has 1 aromatic carbocycles. The first kappa shape index (κ1) is 22.1. The standard InChI is InChI=1S/C20H31N5O2S/c1-12-10-17(27-4)14(3)13(2)15(12)11-25-20(22)24-7-5-6-16(21)18(26)19-23-8-9-28-19/h8-10,16,18,26H,5-7,11,21H2,1-4H3,(H3,22,24,25). The Balaban J connectivity index is 1.81. The van der Waals surface area contributed by atoms with E-state index >= 15 is 0 Å². The van der Waals surface area contributed by atoms with Crippen LogP contribution in [0.2, 0.25) is 0 Å². The van der Waals surface area contributed by atoms with Gasteiger partial charge in [-0.1, -0.05) is 0 Å². The Hall–Kier alpha value is -2.16. The molecule has 28 heavy (non-hydrogen) atoms. The van der Waals surface area contributed by atoms with Crippen LogP contribution in [0, 0.1) is 20.8 Å². The molecule has 2 rings (SSSR count). The Morgan fingerprint density at radius 3 is 2.75 bits per heavy atom. The normalized spacial score (nSPS) is 14.0. The molecule has 7 nitrogen and oxygen atoms in total. The minimum Gasteiger partial charge on any atom is -0.496 e. The summed E-state index contributed by atoms with van der Waals surface area (Å²) in [6.07, 6.45) is 2.38. The lowest BCUT2D eigenvalue weighted by molar-refractivity contribution is 0.141. The first-order valence-corrected chi connectivity index (χ1v) is 10.2. The van der Waals surface area contributed by atoms with Gasteiger partial charge in [-0.25, -0.2) is 9.98 Å². The fraction of sp³-hybridized carbons (Fsp3) is 0.500. The van der Waals surface area contributed by atoms with Gasteiger partial charge < -0.3 is 26.6 Å². The van der Waals surface area contributed by atoms with E-state index in [4.69, 9.17) is 16.2 Å². The molecular formula is C20H31N5O2S. The maximum atomic E-state index is 10.2. The number of nitrogens with zero attached hydrogens (tertiary/aromatic N) is 2. The van der Waals surface area contributed by atoms with Crippen molar-refractivity contribution in [3.05, 3.63) is 44.9 Å². The van der Waals surface area contributed by atoms with Crippen LogP contribution in [0.3, 0.4) is 0 Å². The van der Waals surface area contributed by atoms with Gasteiger partial charge in [-0.2, -0.15) is 0 Å². The monoisotopic (exact) mass is 405 g/mol. The molecule has 2 aromatic rings. The average molecular weight is 406 g/mol. The lowest BCUT2D eigenvalue weighted by Gasteiger charge is -2.17. The highest BCUT2D eigenvalue weighted by molar-refractivity contribution is 7.09. The molecule has 1 heterocycles. The van der Waals surface area contributed by atoms with Crippen LogP contribution in [-0.2, 0) is 6.54 Å². The highest BCUT2D eigenvalue weighted by atomic mass is 32.1. The fourth-order valence-corrected chi connectivity index (χ4v) is 3.75. The van der Waals surface area contributed by atoms with Crippen LogP contribution < -0.4 is 21.5 Å². The highest BCUT2D eigenvalue weighted by Gasteiger charge is 2.18. The molecule has 0 aliphatic rings. The van der Waals surface area contributed by atoms with E-state index in [9.17, 15) is 5.11 Å². The second-order valence-corrected chi connectivity index (χ2v) is 7.80. The Morgan fingerprint density at radius 2 is 2.11 bits per heavy atom. The van der Waals surface area contributed by atoms with Crippen molar-refractivity contribution in [1.29, 1.82) is 0 Å². The molecule has 0 amide bonds. The van der Waals surface area contributed by atoms with E-state index in [0.717, 1.165) is 28.9 Å². The number of hydrogen-bond donors (Lipinski definition) is 4. The van der Waals surface area contributed by atoms with Crippen LogP contribution in [0.4, 0.5) is 0 Å². The summed E-state index contributed by atoms with van der Waals surface area (Å²) in [6, 6.07) is 1.69. The van der Waals surface area contributed by atoms with Gasteiger partial charge in [0.25, 0.3) is 0 Å². The Kier molecular flexibility index (Phi) is 8.22. The molecule has 0 saturated heterocycles. The van der Waals surface area contributed by atoms with Crippen molar-refractivity contribution in [1.82, 2.24) is 10.3 Å². The number of ether oxygens (including phenoxy) is 1. The number of methoxy groups -OCH3 is 1. The molecule has 0 fully saturated rings. The van der Waals surface area contributed by atoms with Crippen LogP contribution in [-0.4, -0.2) is 35.7 Å². The van der Waals surface area contributed by atoms with Crippen molar-refractivity contribution < 1.29 is 9.84 Å². The molecule has 2 unspecified atom stereocenters. The Morgan fingerprint density at radius 1 is 1.36 bits per heavy atom. The van der Waals surface area contributed by atoms with Gasteiger partial charge in [0.05, 0.1) is 13.7 Å². The first-order chi connectivity index (χ1) is 13.3. The van der Waals surface area contributed by atoms with Crippen LogP contribution in [0.25, 0.3) is 0 Å². The second kappa shape index (κ2) is 10.4. The maximum absolute atomic E-state index is 10.2. The van der Waals surface area contributed by atoms with Gasteiger partial charge in [0.1, 0.15) is 16.9 Å². The van der Waals surface area contributed by atoms with Crippen molar-refractivity contribution in [3.63, 3.8) is 0 Å². The topological polar surface area (TPSA) is 119 Å². The van der Waals surface area contributed by atoms with Gasteiger partial charge >= 0.3 is 0 Å². The molecule has 2 atom stereocenters. The summed E-state index contributed by atoms with van der Waals surface area (Å²) >= 11 is 1.41. The van der Waals surface area contributed by atoms with Crippen LogP contribution >= 0.6 is 11.3 Å². The summed E-state index contributed by atoms with van der Waals surface area (Å²) < 4.78 is 5.41. The third-order valence-electron chi connectivity index (χ3n) is 4.97. The van der Waals surface area contributed by atoms with Crippen molar-refractivity contribution >= 4 is 17.3 Å². The molecular weight excluding hydrogens is 374 g/mol. The summed E-state index contributed by atoms with van der Waals surface area (Å²) in [6.45, 7) is 7.34. The van der Waals surface area contributed by atoms with E-state index in [1.54, 1.807) is 13.3 Å². The third-order valence-corrected chi connectivity index (χ3v) is 5.81. The summed E-state index contributed by atoms with van der Waals surface area (Å²) in [5, 5.41) is 15.8. The number of aliphatic imine (C=N–C) groups is 1. The number of benzene rings is 1. The number of guanidine groups is 1. The molecule has 0 saturated carbocycles. The number of aryl methyl sites for hydroxylation is 1. The molecule has 8 heteroatoms. The minimum atomic E-state index is -0.727. The van der Waals surface area contributed by atoms with Gasteiger partial charge in [-0.3, -0.25) is 0 Å². The number of nitrogens with one attached hydrogen (secondary N) is 1. The predicted octanol–water partition coefficient (Wildman–Crippen LogP) is 2.32. The molecule has 154 valence electrons. The number of aromatic nitrogens is 1. The predicted molar refractivity (Wildman–Crippen MR) is 115 cm³/mol. The molecule has 0 bridgehead atoms. The zero-order valence-electron chi connectivity index (χ0n) is 17.0. The molecule has 0 spiro atoms. The quantitative estimate of drug-likeness (QED) is 0.289. The number of thiazole rings is 1. The van der Waals surface area contributed by atoms with Gasteiger partial charge in [0, 0.05) is 24.2 Å². The number of nitrogens with two attached hydrogens (primary N) is 2. The van der Waals surface area contributed by atoms with Crippen LogP contribution in [0.15, 0.2) is 22.6 Å². The number of aliphatic hydroxyl groups is 1. The van der Waals surface area contributed by atoms with E-state index in [1.165, 1.54) is 16.9 Å². The SMILES string of the molecule is COc1cc(C)c(CN=C(N)NCCCC(N)C(O)c2nccs2)c(C)c1C. The lowest BCUT2D eigenvalue weighted by Crippen LogP contribution is -2.34. The minimum absolute atomic E-state index is 0.348. The largest absolute Gasteiger partial charge is 0.496 e. The van der Waals surface area contributed by atoms with Crippen molar-refractivity contribution in [2.24, 2.45) is 16.5 Å². The summed E-state index contributed by atoms with van der Waals surface area (Å²) in [5.41, 5.74) is 16.6. The van der Waals surface area contributed by atoms with E-state index in [-0.39, 0.29) is 6.04 Å². The van der Waals surface area contributed by atoms with Crippen LogP contribution in [0.1, 0.15) is 46.2 Å². The first-order valence-electron chi connectivity index (χ1n) is 9.35. The van der Waals surface area contributed by atoms with E-state index < -0.39 is 6.10 Å². The van der Waals surface area contributed by atoms with Crippen molar-refractivity contribution in [2.45, 2.75) is 52.3 Å². The number of aliphatic hydroxyl groups excluding tert-OH is 1. The molecule has 6 N–H and O–H groups in total. The summed E-state index contributed by atoms with van der Waals surface area (Å²) in [5.74, 6) is 1.30. The number of rotatable bonds is 9. The average Bonchev–Trinajstić information content (AvgIpc) is 3.21. The van der Waals surface area contributed by atoms with E-state index in [1.807, 2.05) is 18.4 Å². The smallest absolute Gasteiger partial charge is 0.188 e. The summed E-state index contributed by atoms with van der Waals surface area (Å²) in [7, 11) is 1.68. The zero-order valence-corrected chi connectivity index (χ0v) is 17.8. The van der Waals surface area contributed by atoms with Gasteiger partial charge in [0.15, 0.2) is 5.96 Å². The third kappa shape index (κ3) is 5.67. The molecule has 0 radical (unpaired) electrons. The second-order valence-electron chi connectivity index (χ2n) is 6.87. The Labute approximate surface area is 170 Å². The van der Waals surface area contributed by atoms with Crippen molar-refractivity contribution in [3.8, 4) is 5.75 Å². The van der Waals surface area contributed by atoms with Gasteiger partial charge in [0.2, 0.25) is 0 Å². The van der Waals surface area contributed by atoms with E-state index in [2.05, 4.69) is 29.1 Å². The lowest BCUT2D eigenvalue weighted by atomic mass is 9.97. The molecule has 0 aliphatic heterocycles. The van der Waals surface area contributed by atoms with Gasteiger partial charge in [-0.05, 0) is 61.9 Å². The molecule has 1 aromatic heterocycles. The van der Waals surface area contributed by atoms with Gasteiger partial charge in [-0.15, -0.1) is 11.3 Å². The highest BCUT2D eigenvalue weighted by Crippen LogP contribution is 2.27. The zero-order chi connectivity index (χ0) is 20.7. The molecule has 0 aliphatic carbocycles. The Bertz CT molecular complexity index is 792. The maximum Gasteiger partial charge on any atom is 0.188 e. The number of hydrogen-bond acceptors (Lipinski definition) is 6. The van der Waals surface area contributed by atoms with Crippen LogP contribution in [0.5, 0.6) is 5.75 Å². The van der Waals surface area contributed by atoms with Crippen molar-refractivity contribution in [2.75, 3.05) is 13.7 Å². The van der Waals surface area contributed by atoms with E-state index in [0.29, 0.717) is 30.5 Å².